The average molecular weight is 375 g/mol. The number of nitroso groups, excluding NO2 is 1. The number of aliphatic hydroxyl groups is 2. The Morgan fingerprint density at radius 3 is 2.50 bits per heavy atom. The fourth-order valence-corrected chi connectivity index (χ4v) is 4.22. The van der Waals surface area contributed by atoms with Gasteiger partial charge in [-0.25, -0.2) is 4.94 Å². The van der Waals surface area contributed by atoms with E-state index < -0.39 is 24.4 Å². The van der Waals surface area contributed by atoms with Gasteiger partial charge >= 0.3 is 0 Å². The van der Waals surface area contributed by atoms with Crippen molar-refractivity contribution in [3.63, 3.8) is 0 Å². The Balaban J connectivity index is 1.73. The molecule has 0 aromatic rings. The molecule has 4 N–H and O–H groups in total. The first-order valence-electron chi connectivity index (χ1n) is 9.31. The highest BCUT2D eigenvalue weighted by Gasteiger charge is 2.50. The smallest absolute Gasteiger partial charge is 0.137 e. The fourth-order valence-electron chi connectivity index (χ4n) is 4.22. The Kier molecular flexibility index (Phi) is 6.92. The zero-order valence-electron chi connectivity index (χ0n) is 15.1. The second kappa shape index (κ2) is 8.98. The van der Waals surface area contributed by atoms with E-state index in [4.69, 9.17) is 19.1 Å². The zero-order valence-corrected chi connectivity index (χ0v) is 15.1. The molecule has 150 valence electrons. The van der Waals surface area contributed by atoms with Crippen molar-refractivity contribution in [1.82, 2.24) is 11.0 Å². The van der Waals surface area contributed by atoms with Gasteiger partial charge in [-0.3, -0.25) is 0 Å². The van der Waals surface area contributed by atoms with Gasteiger partial charge in [0.25, 0.3) is 0 Å². The van der Waals surface area contributed by atoms with Crippen LogP contribution in [0.5, 0.6) is 0 Å². The van der Waals surface area contributed by atoms with Crippen molar-refractivity contribution < 1.29 is 29.4 Å². The number of hydrogen-bond donors (Lipinski definition) is 4. The summed E-state index contributed by atoms with van der Waals surface area (Å²) in [6.07, 6.45) is -2.51. The van der Waals surface area contributed by atoms with Gasteiger partial charge in [-0.05, 0) is 19.8 Å². The molecule has 0 amide bonds. The number of nitrogens with zero attached hydrogens (tertiary/aromatic N) is 1. The number of ether oxygens (including phenoxy) is 3. The molecule has 3 aliphatic rings. The molecule has 3 saturated heterocycles. The van der Waals surface area contributed by atoms with Gasteiger partial charge < -0.3 is 24.4 Å². The van der Waals surface area contributed by atoms with Gasteiger partial charge in [0.2, 0.25) is 0 Å². The van der Waals surface area contributed by atoms with Crippen molar-refractivity contribution in [2.45, 2.75) is 69.5 Å². The van der Waals surface area contributed by atoms with Crippen molar-refractivity contribution >= 4 is 0 Å². The van der Waals surface area contributed by atoms with E-state index in [0.29, 0.717) is 26.1 Å². The standard InChI is InChI=1S/C16H29N3O7/c1-3-8-13(20)10(25-15(14(8)21)16-18-26-19-16)5-9-11(6-17-22)24-7-12(9)23-4-2/h8-16,18-21H,3-7H2,1-2H3. The molecule has 0 spiro atoms. The van der Waals surface area contributed by atoms with Gasteiger partial charge in [-0.1, -0.05) is 12.1 Å². The highest BCUT2D eigenvalue weighted by molar-refractivity contribution is 4.98. The first kappa shape index (κ1) is 20.0. The van der Waals surface area contributed by atoms with Crippen LogP contribution in [0.3, 0.4) is 0 Å². The number of hydrogen-bond acceptors (Lipinski definition) is 10. The Labute approximate surface area is 152 Å². The molecule has 26 heavy (non-hydrogen) atoms. The van der Waals surface area contributed by atoms with Crippen LogP contribution in [0.25, 0.3) is 0 Å². The summed E-state index contributed by atoms with van der Waals surface area (Å²) in [7, 11) is 0. The molecule has 3 aliphatic heterocycles. The number of aliphatic hydroxyl groups excluding tert-OH is 2. The average Bonchev–Trinajstić information content (AvgIpc) is 2.93. The van der Waals surface area contributed by atoms with Crippen molar-refractivity contribution in [2.24, 2.45) is 17.0 Å². The summed E-state index contributed by atoms with van der Waals surface area (Å²) in [5, 5.41) is 24.3. The van der Waals surface area contributed by atoms with E-state index in [-0.39, 0.29) is 36.8 Å². The quantitative estimate of drug-likeness (QED) is 0.412. The van der Waals surface area contributed by atoms with E-state index in [1.165, 1.54) is 0 Å². The highest BCUT2D eigenvalue weighted by atomic mass is 16.8. The Morgan fingerprint density at radius 2 is 1.92 bits per heavy atom. The molecule has 0 bridgehead atoms. The van der Waals surface area contributed by atoms with Crippen LogP contribution in [-0.4, -0.2) is 72.8 Å². The summed E-state index contributed by atoms with van der Waals surface area (Å²) >= 11 is 0. The minimum atomic E-state index is -0.824. The molecule has 0 aromatic heterocycles. The van der Waals surface area contributed by atoms with E-state index in [2.05, 4.69) is 16.1 Å². The van der Waals surface area contributed by atoms with Crippen LogP contribution in [0.15, 0.2) is 5.18 Å². The highest BCUT2D eigenvalue weighted by Crippen LogP contribution is 2.37. The molecule has 0 aliphatic carbocycles. The second-order valence-corrected chi connectivity index (χ2v) is 7.08. The Morgan fingerprint density at radius 1 is 1.15 bits per heavy atom. The summed E-state index contributed by atoms with van der Waals surface area (Å²) < 4.78 is 17.5. The lowest BCUT2D eigenvalue weighted by Gasteiger charge is -2.48. The summed E-state index contributed by atoms with van der Waals surface area (Å²) in [4.78, 5) is 15.5. The van der Waals surface area contributed by atoms with Crippen LogP contribution in [-0.2, 0) is 19.1 Å². The molecular formula is C16H29N3O7. The van der Waals surface area contributed by atoms with E-state index in [9.17, 15) is 15.1 Å². The summed E-state index contributed by atoms with van der Waals surface area (Å²) in [6.45, 7) is 4.80. The summed E-state index contributed by atoms with van der Waals surface area (Å²) in [5.41, 5.74) is 5.39. The molecule has 0 aromatic carbocycles. The lowest BCUT2D eigenvalue weighted by Crippen LogP contribution is -2.70. The molecule has 8 unspecified atom stereocenters. The maximum absolute atomic E-state index is 10.8. The number of hydroxylamine groups is 2. The Bertz CT molecular complexity index is 467. The van der Waals surface area contributed by atoms with Crippen LogP contribution in [0.4, 0.5) is 0 Å². The van der Waals surface area contributed by atoms with Gasteiger partial charge in [0.15, 0.2) is 0 Å². The first-order valence-corrected chi connectivity index (χ1v) is 9.31. The van der Waals surface area contributed by atoms with Gasteiger partial charge in [-0.15, -0.1) is 0 Å². The van der Waals surface area contributed by atoms with Gasteiger partial charge in [-0.2, -0.15) is 15.9 Å². The van der Waals surface area contributed by atoms with Crippen LogP contribution in [0.1, 0.15) is 26.7 Å². The largest absolute Gasteiger partial charge is 0.390 e. The van der Waals surface area contributed by atoms with Crippen LogP contribution in [0, 0.1) is 16.7 Å². The molecule has 10 nitrogen and oxygen atoms in total. The van der Waals surface area contributed by atoms with Crippen molar-refractivity contribution in [2.75, 3.05) is 19.8 Å². The lowest BCUT2D eigenvalue weighted by molar-refractivity contribution is -0.285. The maximum Gasteiger partial charge on any atom is 0.137 e. The van der Waals surface area contributed by atoms with E-state index >= 15 is 0 Å². The number of nitrogens with one attached hydrogen (secondary N) is 2. The minimum Gasteiger partial charge on any atom is -0.390 e. The van der Waals surface area contributed by atoms with E-state index in [1.807, 2.05) is 13.8 Å². The molecule has 8 atom stereocenters. The minimum absolute atomic E-state index is 0.0416. The van der Waals surface area contributed by atoms with Gasteiger partial charge in [0, 0.05) is 18.4 Å². The van der Waals surface area contributed by atoms with Gasteiger partial charge in [0.05, 0.1) is 37.1 Å². The topological polar surface area (TPSA) is 131 Å². The van der Waals surface area contributed by atoms with Crippen molar-refractivity contribution in [1.29, 1.82) is 0 Å². The summed E-state index contributed by atoms with van der Waals surface area (Å²) in [6, 6.07) is 0. The monoisotopic (exact) mass is 375 g/mol. The Hall–Kier alpha value is -0.720. The zero-order chi connectivity index (χ0) is 18.7. The first-order chi connectivity index (χ1) is 12.6. The van der Waals surface area contributed by atoms with Crippen molar-refractivity contribution in [3.8, 4) is 0 Å². The van der Waals surface area contributed by atoms with Crippen LogP contribution in [0.2, 0.25) is 0 Å². The third-order valence-electron chi connectivity index (χ3n) is 5.67. The fraction of sp³-hybridized carbons (Fsp3) is 1.00. The third-order valence-corrected chi connectivity index (χ3v) is 5.67. The van der Waals surface area contributed by atoms with E-state index in [1.54, 1.807) is 0 Å². The predicted molar refractivity (Wildman–Crippen MR) is 89.5 cm³/mol. The molecule has 3 rings (SSSR count). The SMILES string of the molecule is CCOC1COC(CN=O)C1CC1OC(C2NON2)C(O)C(CC)C1O. The predicted octanol–water partition coefficient (Wildman–Crippen LogP) is -0.556. The summed E-state index contributed by atoms with van der Waals surface area (Å²) in [5.74, 6) is -0.433. The molecule has 0 saturated carbocycles. The number of rotatable bonds is 8. The third kappa shape index (κ3) is 3.92. The molecule has 10 heteroatoms. The maximum atomic E-state index is 10.8. The van der Waals surface area contributed by atoms with E-state index in [0.717, 1.165) is 0 Å². The van der Waals surface area contributed by atoms with Crippen LogP contribution < -0.4 is 11.0 Å². The van der Waals surface area contributed by atoms with Gasteiger partial charge in [0.1, 0.15) is 18.8 Å². The second-order valence-electron chi connectivity index (χ2n) is 7.08. The molecule has 3 fully saturated rings. The molecule has 3 heterocycles. The van der Waals surface area contributed by atoms with Crippen molar-refractivity contribution in [3.05, 3.63) is 4.91 Å². The molecule has 0 radical (unpaired) electrons. The molecular weight excluding hydrogens is 346 g/mol. The normalized spacial score (nSPS) is 44.0. The lowest BCUT2D eigenvalue weighted by atomic mass is 9.79. The van der Waals surface area contributed by atoms with Crippen LogP contribution >= 0.6 is 0 Å².